The van der Waals surface area contributed by atoms with E-state index in [2.05, 4.69) is 6.92 Å². The van der Waals surface area contributed by atoms with Crippen LogP contribution in [0.3, 0.4) is 0 Å². The Kier molecular flexibility index (Phi) is 15.7. The van der Waals surface area contributed by atoms with Gasteiger partial charge in [-0.2, -0.15) is 0 Å². The van der Waals surface area contributed by atoms with Crippen LogP contribution in [0.1, 0.15) is 104 Å². The molecule has 5 nitrogen and oxygen atoms in total. The van der Waals surface area contributed by atoms with Crippen molar-refractivity contribution >= 4 is 11.9 Å². The Morgan fingerprint density at radius 2 is 1.36 bits per heavy atom. The summed E-state index contributed by atoms with van der Waals surface area (Å²) >= 11 is 0. The number of carboxylic acid groups (broad SMARTS) is 1. The molecule has 0 aromatic carbocycles. The van der Waals surface area contributed by atoms with Crippen molar-refractivity contribution in [2.24, 2.45) is 0 Å². The third-order valence-electron chi connectivity index (χ3n) is 4.48. The molecule has 0 bridgehead atoms. The van der Waals surface area contributed by atoms with Crippen molar-refractivity contribution in [1.82, 2.24) is 0 Å². The first-order valence-electron chi connectivity index (χ1n) is 10.0. The molecule has 0 aliphatic heterocycles. The normalized spacial score (nSPS) is 13.4. The molecule has 0 aromatic rings. The van der Waals surface area contributed by atoms with Crippen molar-refractivity contribution in [3.63, 3.8) is 0 Å². The van der Waals surface area contributed by atoms with Crippen molar-refractivity contribution in [2.75, 3.05) is 0 Å². The number of carboxylic acids is 1. The quantitative estimate of drug-likeness (QED) is 0.287. The minimum Gasteiger partial charge on any atom is -0.481 e. The second kappa shape index (κ2) is 16.4. The predicted molar refractivity (Wildman–Crippen MR) is 99.5 cm³/mol. The molecule has 0 aliphatic carbocycles. The summed E-state index contributed by atoms with van der Waals surface area (Å²) in [6, 6.07) is 0. The average molecular weight is 359 g/mol. The molecule has 0 amide bonds. The van der Waals surface area contributed by atoms with Gasteiger partial charge in [0.05, 0.1) is 6.10 Å². The lowest BCUT2D eigenvalue weighted by Crippen LogP contribution is -2.30. The molecular weight excluding hydrogens is 320 g/mol. The maximum atomic E-state index is 11.3. The van der Waals surface area contributed by atoms with E-state index in [0.717, 1.165) is 38.5 Å². The van der Waals surface area contributed by atoms with Crippen LogP contribution < -0.4 is 0 Å². The molecule has 0 rings (SSSR count). The SMILES string of the molecule is CCCCCCCCC(O)C(CCCCCCCC(=O)O)OC(C)=O. The van der Waals surface area contributed by atoms with E-state index in [1.165, 1.54) is 32.6 Å². The molecule has 25 heavy (non-hydrogen) atoms. The highest BCUT2D eigenvalue weighted by Crippen LogP contribution is 2.17. The molecule has 0 radical (unpaired) electrons. The lowest BCUT2D eigenvalue weighted by molar-refractivity contribution is -0.153. The smallest absolute Gasteiger partial charge is 0.303 e. The largest absolute Gasteiger partial charge is 0.481 e. The van der Waals surface area contributed by atoms with Crippen molar-refractivity contribution in [3.05, 3.63) is 0 Å². The van der Waals surface area contributed by atoms with Gasteiger partial charge in [0.25, 0.3) is 0 Å². The number of aliphatic carboxylic acids is 1. The molecule has 0 spiro atoms. The summed E-state index contributed by atoms with van der Waals surface area (Å²) in [4.78, 5) is 21.7. The van der Waals surface area contributed by atoms with E-state index in [4.69, 9.17) is 9.84 Å². The second-order valence-corrected chi connectivity index (χ2v) is 6.97. The van der Waals surface area contributed by atoms with Gasteiger partial charge < -0.3 is 14.9 Å². The zero-order valence-corrected chi connectivity index (χ0v) is 16.2. The minimum atomic E-state index is -0.743. The zero-order chi connectivity index (χ0) is 18.9. The van der Waals surface area contributed by atoms with Crippen LogP contribution in [-0.2, 0) is 14.3 Å². The van der Waals surface area contributed by atoms with Crippen LogP contribution in [0.5, 0.6) is 0 Å². The molecule has 148 valence electrons. The number of esters is 1. The molecule has 0 saturated carbocycles. The first-order chi connectivity index (χ1) is 12.0. The average Bonchev–Trinajstić information content (AvgIpc) is 2.55. The summed E-state index contributed by atoms with van der Waals surface area (Å²) in [5.74, 6) is -1.08. The number of aliphatic hydroxyl groups is 1. The minimum absolute atomic E-state index is 0.229. The van der Waals surface area contributed by atoms with Gasteiger partial charge in [0, 0.05) is 13.3 Å². The van der Waals surface area contributed by atoms with Gasteiger partial charge in [-0.3, -0.25) is 9.59 Å². The fraction of sp³-hybridized carbons (Fsp3) is 0.900. The van der Waals surface area contributed by atoms with Gasteiger partial charge in [-0.1, -0.05) is 64.7 Å². The number of carbonyl (C=O) groups excluding carboxylic acids is 1. The van der Waals surface area contributed by atoms with Crippen LogP contribution in [0.2, 0.25) is 0 Å². The molecule has 0 fully saturated rings. The van der Waals surface area contributed by atoms with Crippen LogP contribution in [-0.4, -0.2) is 34.4 Å². The summed E-state index contributed by atoms with van der Waals surface area (Å²) in [6.07, 6.45) is 12.1. The van der Waals surface area contributed by atoms with Crippen molar-refractivity contribution in [2.45, 2.75) is 116 Å². The highest BCUT2D eigenvalue weighted by molar-refractivity contribution is 5.66. The number of carbonyl (C=O) groups is 2. The predicted octanol–water partition coefficient (Wildman–Crippen LogP) is 4.84. The standard InChI is InChI=1S/C20H38O5/c1-3-4-5-6-8-11-14-18(22)19(25-17(2)21)15-12-9-7-10-13-16-20(23)24/h18-19,22H,3-16H2,1-2H3,(H,23,24). The number of rotatable bonds is 17. The molecule has 2 N–H and O–H groups in total. The van der Waals surface area contributed by atoms with Crippen LogP contribution in [0.15, 0.2) is 0 Å². The van der Waals surface area contributed by atoms with Crippen molar-refractivity contribution in [1.29, 1.82) is 0 Å². The molecular formula is C20H38O5. The van der Waals surface area contributed by atoms with Gasteiger partial charge in [-0.25, -0.2) is 0 Å². The van der Waals surface area contributed by atoms with E-state index in [1.807, 2.05) is 0 Å². The summed E-state index contributed by atoms with van der Waals surface area (Å²) in [6.45, 7) is 3.58. The van der Waals surface area contributed by atoms with Gasteiger partial charge in [0.15, 0.2) is 0 Å². The third kappa shape index (κ3) is 16.1. The Morgan fingerprint density at radius 3 is 1.92 bits per heavy atom. The summed E-state index contributed by atoms with van der Waals surface area (Å²) in [5, 5.41) is 18.9. The van der Waals surface area contributed by atoms with Crippen molar-refractivity contribution in [3.8, 4) is 0 Å². The van der Waals surface area contributed by atoms with Crippen LogP contribution >= 0.6 is 0 Å². The number of ether oxygens (including phenoxy) is 1. The Balaban J connectivity index is 3.89. The zero-order valence-electron chi connectivity index (χ0n) is 16.2. The lowest BCUT2D eigenvalue weighted by Gasteiger charge is -2.22. The van der Waals surface area contributed by atoms with E-state index < -0.39 is 18.2 Å². The first-order valence-corrected chi connectivity index (χ1v) is 10.0. The Hall–Kier alpha value is -1.10. The Morgan fingerprint density at radius 1 is 0.840 bits per heavy atom. The third-order valence-corrected chi connectivity index (χ3v) is 4.48. The number of unbranched alkanes of at least 4 members (excludes halogenated alkanes) is 9. The van der Waals surface area contributed by atoms with Gasteiger partial charge in [-0.05, 0) is 25.7 Å². The Bertz CT molecular complexity index is 343. The van der Waals surface area contributed by atoms with E-state index in [1.54, 1.807) is 0 Å². The number of aliphatic hydroxyl groups excluding tert-OH is 1. The monoisotopic (exact) mass is 358 g/mol. The van der Waals surface area contributed by atoms with E-state index in [0.29, 0.717) is 19.3 Å². The summed E-state index contributed by atoms with van der Waals surface area (Å²) in [7, 11) is 0. The Labute approximate surface area is 153 Å². The van der Waals surface area contributed by atoms with E-state index in [9.17, 15) is 14.7 Å². The maximum Gasteiger partial charge on any atom is 0.303 e. The molecule has 5 heteroatoms. The second-order valence-electron chi connectivity index (χ2n) is 6.97. The molecule has 2 atom stereocenters. The highest BCUT2D eigenvalue weighted by atomic mass is 16.6. The molecule has 0 heterocycles. The topological polar surface area (TPSA) is 83.8 Å². The van der Waals surface area contributed by atoms with Crippen LogP contribution in [0, 0.1) is 0 Å². The first kappa shape index (κ1) is 23.9. The molecule has 0 aliphatic rings. The van der Waals surface area contributed by atoms with Crippen molar-refractivity contribution < 1.29 is 24.5 Å². The molecule has 2 unspecified atom stereocenters. The number of hydrogen-bond donors (Lipinski definition) is 2. The number of hydrogen-bond acceptors (Lipinski definition) is 4. The molecule has 0 aromatic heterocycles. The fourth-order valence-electron chi connectivity index (χ4n) is 3.01. The van der Waals surface area contributed by atoms with Gasteiger partial charge >= 0.3 is 11.9 Å². The summed E-state index contributed by atoms with van der Waals surface area (Å²) < 4.78 is 5.30. The highest BCUT2D eigenvalue weighted by Gasteiger charge is 2.21. The molecule has 0 saturated heterocycles. The van der Waals surface area contributed by atoms with E-state index >= 15 is 0 Å². The lowest BCUT2D eigenvalue weighted by atomic mass is 9.99. The van der Waals surface area contributed by atoms with Gasteiger partial charge in [0.2, 0.25) is 0 Å². The van der Waals surface area contributed by atoms with E-state index in [-0.39, 0.29) is 12.4 Å². The van der Waals surface area contributed by atoms with Gasteiger partial charge in [0.1, 0.15) is 6.10 Å². The maximum absolute atomic E-state index is 11.3. The van der Waals surface area contributed by atoms with Crippen LogP contribution in [0.4, 0.5) is 0 Å². The fourth-order valence-corrected chi connectivity index (χ4v) is 3.01. The van der Waals surface area contributed by atoms with Gasteiger partial charge in [-0.15, -0.1) is 0 Å². The van der Waals surface area contributed by atoms with Crippen LogP contribution in [0.25, 0.3) is 0 Å². The summed E-state index contributed by atoms with van der Waals surface area (Å²) in [5.41, 5.74) is 0.